The Balaban J connectivity index is 2.22. The smallest absolute Gasteiger partial charge is 0.185 e. The molecule has 0 saturated heterocycles. The van der Waals surface area contributed by atoms with E-state index >= 15 is 0 Å². The lowest BCUT2D eigenvalue weighted by atomic mass is 10.2. The second-order valence-electron chi connectivity index (χ2n) is 4.08. The number of carbonyl (C=O) groups excluding carboxylic acids is 1. The zero-order chi connectivity index (χ0) is 15.2. The normalized spacial score (nSPS) is 10.0. The number of rotatable bonds is 6. The zero-order valence-corrected chi connectivity index (χ0v) is 11.6. The molecule has 0 aliphatic rings. The van der Waals surface area contributed by atoms with Crippen molar-refractivity contribution in [1.82, 2.24) is 4.98 Å². The highest BCUT2D eigenvalue weighted by molar-refractivity contribution is 5.79. The lowest BCUT2D eigenvalue weighted by molar-refractivity contribution is 0.111. The number of halogens is 1. The van der Waals surface area contributed by atoms with E-state index in [2.05, 4.69) is 4.98 Å². The first-order chi connectivity index (χ1) is 10.2. The van der Waals surface area contributed by atoms with Gasteiger partial charge in [-0.2, -0.15) is 0 Å². The summed E-state index contributed by atoms with van der Waals surface area (Å²) >= 11 is 0. The van der Waals surface area contributed by atoms with Crippen LogP contribution in [0.5, 0.6) is 17.2 Å². The fourth-order valence-electron chi connectivity index (χ4n) is 1.84. The summed E-state index contributed by atoms with van der Waals surface area (Å²) in [6.07, 6.45) is 2.10. The number of aldehydes is 1. The van der Waals surface area contributed by atoms with Gasteiger partial charge in [0.05, 0.1) is 19.8 Å². The third kappa shape index (κ3) is 3.28. The number of ether oxygens (including phenoxy) is 3. The summed E-state index contributed by atoms with van der Waals surface area (Å²) in [4.78, 5) is 15.1. The van der Waals surface area contributed by atoms with Crippen LogP contribution >= 0.6 is 0 Å². The second kappa shape index (κ2) is 6.69. The van der Waals surface area contributed by atoms with Gasteiger partial charge in [0.25, 0.3) is 0 Å². The molecule has 6 heteroatoms. The van der Waals surface area contributed by atoms with Gasteiger partial charge in [-0.1, -0.05) is 0 Å². The Morgan fingerprint density at radius 2 is 2.00 bits per heavy atom. The van der Waals surface area contributed by atoms with Crippen LogP contribution in [0.4, 0.5) is 4.39 Å². The minimum Gasteiger partial charge on any atom is -0.493 e. The summed E-state index contributed by atoms with van der Waals surface area (Å²) in [5, 5.41) is 0. The summed E-state index contributed by atoms with van der Waals surface area (Å²) in [6.45, 7) is 0.0623. The molecule has 5 nitrogen and oxygen atoms in total. The number of methoxy groups -OCH3 is 2. The molecular formula is C15H14FNO4. The van der Waals surface area contributed by atoms with Crippen molar-refractivity contribution in [2.45, 2.75) is 6.61 Å². The van der Waals surface area contributed by atoms with Crippen molar-refractivity contribution in [3.63, 3.8) is 0 Å². The molecule has 1 aromatic carbocycles. The Bertz CT molecular complexity index is 646. The fraction of sp³-hybridized carbons (Fsp3) is 0.200. The maximum atomic E-state index is 13.1. The molecule has 0 saturated carbocycles. The number of benzene rings is 1. The first-order valence-electron chi connectivity index (χ1n) is 6.13. The van der Waals surface area contributed by atoms with Gasteiger partial charge in [0, 0.05) is 12.3 Å². The van der Waals surface area contributed by atoms with Crippen molar-refractivity contribution < 1.29 is 23.4 Å². The van der Waals surface area contributed by atoms with Gasteiger partial charge in [-0.15, -0.1) is 0 Å². The standard InChI is InChI=1S/C15H14FNO4/c1-19-14-5-6-17-12(15(14)20-2)9-21-13-4-3-11(16)7-10(13)8-18/h3-8H,9H2,1-2H3. The van der Waals surface area contributed by atoms with Crippen molar-refractivity contribution in [2.24, 2.45) is 0 Å². The molecule has 0 aliphatic carbocycles. The third-order valence-corrected chi connectivity index (χ3v) is 2.83. The van der Waals surface area contributed by atoms with Crippen molar-refractivity contribution in [3.05, 3.63) is 47.5 Å². The van der Waals surface area contributed by atoms with E-state index in [1.165, 1.54) is 26.4 Å². The number of pyridine rings is 1. The van der Waals surface area contributed by atoms with Crippen LogP contribution in [0.15, 0.2) is 30.5 Å². The van der Waals surface area contributed by atoms with Gasteiger partial charge in [0.2, 0.25) is 0 Å². The van der Waals surface area contributed by atoms with Gasteiger partial charge < -0.3 is 14.2 Å². The van der Waals surface area contributed by atoms with E-state index in [1.54, 1.807) is 12.3 Å². The van der Waals surface area contributed by atoms with Crippen LogP contribution in [-0.2, 0) is 6.61 Å². The van der Waals surface area contributed by atoms with Crippen molar-refractivity contribution in [1.29, 1.82) is 0 Å². The van der Waals surface area contributed by atoms with E-state index < -0.39 is 5.82 Å². The van der Waals surface area contributed by atoms with Crippen LogP contribution in [0.2, 0.25) is 0 Å². The summed E-state index contributed by atoms with van der Waals surface area (Å²) in [6, 6.07) is 5.39. The Morgan fingerprint density at radius 3 is 2.67 bits per heavy atom. The van der Waals surface area contributed by atoms with Gasteiger partial charge in [0.1, 0.15) is 23.9 Å². The molecule has 0 bridgehead atoms. The number of hydrogen-bond donors (Lipinski definition) is 0. The number of hydrogen-bond acceptors (Lipinski definition) is 5. The minimum atomic E-state index is -0.499. The van der Waals surface area contributed by atoms with Gasteiger partial charge in [-0.3, -0.25) is 9.78 Å². The van der Waals surface area contributed by atoms with Gasteiger partial charge >= 0.3 is 0 Å². The molecule has 2 aromatic rings. The molecule has 0 atom stereocenters. The average molecular weight is 291 g/mol. The highest BCUT2D eigenvalue weighted by Gasteiger charge is 2.13. The molecule has 0 radical (unpaired) electrons. The monoisotopic (exact) mass is 291 g/mol. The number of carbonyl (C=O) groups is 1. The maximum absolute atomic E-state index is 13.1. The highest BCUT2D eigenvalue weighted by Crippen LogP contribution is 2.30. The Hall–Kier alpha value is -2.63. The summed E-state index contributed by atoms with van der Waals surface area (Å²) < 4.78 is 29.0. The quantitative estimate of drug-likeness (QED) is 0.766. The first-order valence-corrected chi connectivity index (χ1v) is 6.13. The molecule has 2 rings (SSSR count). The van der Waals surface area contributed by atoms with Crippen molar-refractivity contribution in [3.8, 4) is 17.2 Å². The molecule has 21 heavy (non-hydrogen) atoms. The lowest BCUT2D eigenvalue weighted by Crippen LogP contribution is -2.04. The fourth-order valence-corrected chi connectivity index (χ4v) is 1.84. The number of nitrogens with zero attached hydrogens (tertiary/aromatic N) is 1. The summed E-state index contributed by atoms with van der Waals surface area (Å²) in [5.74, 6) is 0.759. The van der Waals surface area contributed by atoms with Crippen LogP contribution in [0.1, 0.15) is 16.1 Å². The molecule has 1 aromatic heterocycles. The topological polar surface area (TPSA) is 57.7 Å². The average Bonchev–Trinajstić information content (AvgIpc) is 2.52. The third-order valence-electron chi connectivity index (χ3n) is 2.83. The lowest BCUT2D eigenvalue weighted by Gasteiger charge is -2.13. The van der Waals surface area contributed by atoms with E-state index in [1.807, 2.05) is 0 Å². The molecule has 0 aliphatic heterocycles. The summed E-state index contributed by atoms with van der Waals surface area (Å²) in [7, 11) is 3.02. The minimum absolute atomic E-state index is 0.0623. The molecule has 0 spiro atoms. The van der Waals surface area contributed by atoms with Crippen LogP contribution in [0.25, 0.3) is 0 Å². The van der Waals surface area contributed by atoms with E-state index in [4.69, 9.17) is 14.2 Å². The first kappa shape index (κ1) is 14.8. The van der Waals surface area contributed by atoms with Gasteiger partial charge in [-0.25, -0.2) is 4.39 Å². The Labute approximate surface area is 121 Å². The van der Waals surface area contributed by atoms with Crippen LogP contribution < -0.4 is 14.2 Å². The highest BCUT2D eigenvalue weighted by atomic mass is 19.1. The van der Waals surface area contributed by atoms with Crippen molar-refractivity contribution >= 4 is 6.29 Å². The maximum Gasteiger partial charge on any atom is 0.185 e. The van der Waals surface area contributed by atoms with Crippen LogP contribution in [0.3, 0.4) is 0 Å². The van der Waals surface area contributed by atoms with Gasteiger partial charge in [0.15, 0.2) is 17.8 Å². The van der Waals surface area contributed by atoms with E-state index in [0.29, 0.717) is 23.5 Å². The van der Waals surface area contributed by atoms with E-state index in [-0.39, 0.29) is 17.9 Å². The van der Waals surface area contributed by atoms with E-state index in [0.717, 1.165) is 6.07 Å². The predicted molar refractivity (Wildman–Crippen MR) is 73.5 cm³/mol. The van der Waals surface area contributed by atoms with Gasteiger partial charge in [-0.05, 0) is 18.2 Å². The summed E-state index contributed by atoms with van der Waals surface area (Å²) in [5.41, 5.74) is 0.648. The molecule has 0 N–H and O–H groups in total. The van der Waals surface area contributed by atoms with Crippen molar-refractivity contribution in [2.75, 3.05) is 14.2 Å². The molecule has 0 unspecified atom stereocenters. The second-order valence-corrected chi connectivity index (χ2v) is 4.08. The largest absolute Gasteiger partial charge is 0.493 e. The molecular weight excluding hydrogens is 277 g/mol. The Kier molecular flexibility index (Phi) is 4.71. The SMILES string of the molecule is COc1ccnc(COc2ccc(F)cc2C=O)c1OC. The molecule has 0 amide bonds. The molecule has 0 fully saturated rings. The van der Waals surface area contributed by atoms with E-state index in [9.17, 15) is 9.18 Å². The molecule has 1 heterocycles. The number of aromatic nitrogens is 1. The predicted octanol–water partition coefficient (Wildman–Crippen LogP) is 2.63. The van der Waals surface area contributed by atoms with Crippen LogP contribution in [-0.4, -0.2) is 25.5 Å². The zero-order valence-electron chi connectivity index (χ0n) is 11.6. The van der Waals surface area contributed by atoms with Crippen LogP contribution in [0, 0.1) is 5.82 Å². The Morgan fingerprint density at radius 1 is 1.19 bits per heavy atom. The molecule has 110 valence electrons.